The zero-order valence-corrected chi connectivity index (χ0v) is 23.7. The molecule has 1 saturated heterocycles. The minimum absolute atomic E-state index is 0.102. The average Bonchev–Trinajstić information content (AvgIpc) is 3.81. The van der Waals surface area contributed by atoms with Crippen LogP contribution >= 0.6 is 0 Å². The molecule has 42 heavy (non-hydrogen) atoms. The summed E-state index contributed by atoms with van der Waals surface area (Å²) in [6.45, 7) is 2.17. The highest BCUT2D eigenvalue weighted by atomic mass is 16.7. The van der Waals surface area contributed by atoms with Crippen LogP contribution in [0.15, 0.2) is 89.6 Å². The van der Waals surface area contributed by atoms with Crippen molar-refractivity contribution in [2.24, 2.45) is 10.9 Å². The molecule has 8 rings (SSSR count). The molecule has 5 aliphatic rings. The quantitative estimate of drug-likeness (QED) is 0.378. The second-order valence-electron chi connectivity index (χ2n) is 11.9. The van der Waals surface area contributed by atoms with Gasteiger partial charge in [0.1, 0.15) is 11.7 Å². The zero-order chi connectivity index (χ0) is 28.3. The summed E-state index contributed by atoms with van der Waals surface area (Å²) >= 11 is 0. The van der Waals surface area contributed by atoms with E-state index in [4.69, 9.17) is 23.9 Å². The molecule has 0 N–H and O–H groups in total. The first-order valence-corrected chi connectivity index (χ1v) is 15.0. The summed E-state index contributed by atoms with van der Waals surface area (Å²) in [6, 6.07) is 24.4. The third kappa shape index (κ3) is 3.97. The van der Waals surface area contributed by atoms with Gasteiger partial charge in [-0.1, -0.05) is 60.7 Å². The van der Waals surface area contributed by atoms with Gasteiger partial charge in [-0.2, -0.15) is 0 Å². The Morgan fingerprint density at radius 1 is 1.00 bits per heavy atom. The van der Waals surface area contributed by atoms with Crippen LogP contribution in [-0.4, -0.2) is 55.2 Å². The van der Waals surface area contributed by atoms with Crippen LogP contribution in [0.3, 0.4) is 0 Å². The van der Waals surface area contributed by atoms with Crippen molar-refractivity contribution in [1.29, 1.82) is 0 Å². The molecular weight excluding hydrogens is 528 g/mol. The summed E-state index contributed by atoms with van der Waals surface area (Å²) in [5, 5.41) is 0. The Labute approximate surface area is 245 Å². The van der Waals surface area contributed by atoms with Crippen molar-refractivity contribution in [3.63, 3.8) is 0 Å². The zero-order valence-electron chi connectivity index (χ0n) is 23.7. The van der Waals surface area contributed by atoms with Crippen molar-refractivity contribution in [3.8, 4) is 11.5 Å². The van der Waals surface area contributed by atoms with Gasteiger partial charge in [0.15, 0.2) is 17.6 Å². The second-order valence-corrected chi connectivity index (χ2v) is 11.9. The maximum absolute atomic E-state index is 14.3. The molecule has 0 bridgehead atoms. The van der Waals surface area contributed by atoms with E-state index in [-0.39, 0.29) is 30.3 Å². The number of nitrogens with zero attached hydrogens (tertiary/aromatic N) is 2. The van der Waals surface area contributed by atoms with Crippen LogP contribution in [0.5, 0.6) is 11.5 Å². The molecule has 4 aliphatic heterocycles. The minimum Gasteiger partial charge on any atom is -0.497 e. The van der Waals surface area contributed by atoms with E-state index >= 15 is 0 Å². The van der Waals surface area contributed by atoms with Crippen molar-refractivity contribution in [1.82, 2.24) is 4.90 Å². The fourth-order valence-corrected chi connectivity index (χ4v) is 7.93. The Kier molecular flexibility index (Phi) is 6.11. The first kappa shape index (κ1) is 25.6. The molecule has 1 fully saturated rings. The Hall–Kier alpha value is -4.10. The van der Waals surface area contributed by atoms with Crippen molar-refractivity contribution in [3.05, 3.63) is 107 Å². The maximum atomic E-state index is 14.3. The minimum atomic E-state index is -0.548. The lowest BCUT2D eigenvalue weighted by atomic mass is 9.77. The Bertz CT molecular complexity index is 1590. The van der Waals surface area contributed by atoms with E-state index in [2.05, 4.69) is 35.2 Å². The van der Waals surface area contributed by atoms with Crippen LogP contribution in [0, 0.1) is 5.92 Å². The van der Waals surface area contributed by atoms with Gasteiger partial charge in [0, 0.05) is 6.54 Å². The standard InChI is InChI=1S/C35H34N2O5/c1-39-30-20-35-14-8-15-37(35)16-13-24-17-28-29(41-21-40-28)19-25(24)31(35)33(30)42-34(38)26-18-27(22-9-4-2-5-10-22)36-32(26)23-11-6-3-7-12-23/h2-7,9-12,17,19-20,26-27,31,33H,8,13-16,18,21H2,1H3. The number of benzene rings is 3. The predicted molar refractivity (Wildman–Crippen MR) is 158 cm³/mol. The molecule has 0 amide bonds. The molecule has 3 aromatic carbocycles. The van der Waals surface area contributed by atoms with E-state index in [1.165, 1.54) is 5.56 Å². The highest BCUT2D eigenvalue weighted by Crippen LogP contribution is 2.56. The van der Waals surface area contributed by atoms with Crippen molar-refractivity contribution in [2.45, 2.75) is 49.3 Å². The van der Waals surface area contributed by atoms with Gasteiger partial charge >= 0.3 is 5.97 Å². The van der Waals surface area contributed by atoms with E-state index in [0.29, 0.717) is 6.42 Å². The smallest absolute Gasteiger partial charge is 0.315 e. The Morgan fingerprint density at radius 2 is 1.76 bits per heavy atom. The largest absolute Gasteiger partial charge is 0.497 e. The lowest BCUT2D eigenvalue weighted by molar-refractivity contribution is -0.153. The van der Waals surface area contributed by atoms with Gasteiger partial charge < -0.3 is 18.9 Å². The Balaban J connectivity index is 1.17. The average molecular weight is 563 g/mol. The van der Waals surface area contributed by atoms with Crippen molar-refractivity contribution in [2.75, 3.05) is 27.0 Å². The number of fused-ring (bicyclic) bond motifs is 3. The lowest BCUT2D eigenvalue weighted by Crippen LogP contribution is -2.47. The molecule has 0 radical (unpaired) electrons. The molecule has 0 aromatic heterocycles. The summed E-state index contributed by atoms with van der Waals surface area (Å²) in [4.78, 5) is 22.0. The lowest BCUT2D eigenvalue weighted by Gasteiger charge is -2.39. The molecule has 4 heterocycles. The summed E-state index contributed by atoms with van der Waals surface area (Å²) in [5.74, 6) is 1.44. The molecule has 7 heteroatoms. The summed E-state index contributed by atoms with van der Waals surface area (Å²) in [5.41, 5.74) is 4.97. The molecule has 214 valence electrons. The first-order chi connectivity index (χ1) is 20.6. The molecular formula is C35H34N2O5. The Morgan fingerprint density at radius 3 is 2.55 bits per heavy atom. The molecule has 3 aromatic rings. The first-order valence-electron chi connectivity index (χ1n) is 15.0. The number of esters is 1. The van der Waals surface area contributed by atoms with E-state index in [0.717, 1.165) is 72.0 Å². The van der Waals surface area contributed by atoms with Gasteiger partial charge in [-0.15, -0.1) is 0 Å². The number of carbonyl (C=O) groups excluding carboxylic acids is 1. The number of rotatable bonds is 5. The van der Waals surface area contributed by atoms with Crippen molar-refractivity contribution >= 4 is 11.7 Å². The van der Waals surface area contributed by atoms with E-state index < -0.39 is 12.0 Å². The molecule has 5 unspecified atom stereocenters. The van der Waals surface area contributed by atoms with Crippen LogP contribution in [0.1, 0.15) is 53.5 Å². The summed E-state index contributed by atoms with van der Waals surface area (Å²) < 4.78 is 24.2. The monoisotopic (exact) mass is 562 g/mol. The van der Waals surface area contributed by atoms with Gasteiger partial charge in [-0.25, -0.2) is 0 Å². The number of methoxy groups -OCH3 is 1. The van der Waals surface area contributed by atoms with Gasteiger partial charge in [-0.3, -0.25) is 14.7 Å². The van der Waals surface area contributed by atoms with E-state index in [9.17, 15) is 4.79 Å². The third-order valence-corrected chi connectivity index (χ3v) is 9.83. The molecule has 5 atom stereocenters. The van der Waals surface area contributed by atoms with Gasteiger partial charge in [0.2, 0.25) is 6.79 Å². The van der Waals surface area contributed by atoms with Crippen LogP contribution in [-0.2, 0) is 20.7 Å². The van der Waals surface area contributed by atoms with Crippen LogP contribution in [0.25, 0.3) is 0 Å². The van der Waals surface area contributed by atoms with Crippen LogP contribution in [0.4, 0.5) is 0 Å². The summed E-state index contributed by atoms with van der Waals surface area (Å²) in [6.07, 6.45) is 5.26. The number of aliphatic imine (C=N–C) groups is 1. The van der Waals surface area contributed by atoms with Gasteiger partial charge in [-0.05, 0) is 72.7 Å². The van der Waals surface area contributed by atoms with Gasteiger partial charge in [0.05, 0.1) is 30.3 Å². The summed E-state index contributed by atoms with van der Waals surface area (Å²) in [7, 11) is 1.69. The number of carbonyl (C=O) groups is 1. The molecule has 1 aliphatic carbocycles. The van der Waals surface area contributed by atoms with Gasteiger partial charge in [0.25, 0.3) is 0 Å². The molecule has 1 spiro atoms. The predicted octanol–water partition coefficient (Wildman–Crippen LogP) is 5.60. The van der Waals surface area contributed by atoms with E-state index in [1.807, 2.05) is 48.5 Å². The maximum Gasteiger partial charge on any atom is 0.315 e. The topological polar surface area (TPSA) is 69.6 Å². The van der Waals surface area contributed by atoms with Crippen molar-refractivity contribution < 1.29 is 23.7 Å². The van der Waals surface area contributed by atoms with Crippen LogP contribution in [0.2, 0.25) is 0 Å². The normalized spacial score (nSPS) is 29.2. The number of ether oxygens (including phenoxy) is 4. The fourth-order valence-electron chi connectivity index (χ4n) is 7.93. The highest BCUT2D eigenvalue weighted by Gasteiger charge is 2.58. The molecule has 7 nitrogen and oxygen atoms in total. The fraction of sp³-hybridized carbons (Fsp3) is 0.371. The number of hydrogen-bond acceptors (Lipinski definition) is 7. The second kappa shape index (κ2) is 10.0. The SMILES string of the molecule is COC1=CC23CCCN2CCc2cc4c(cc2C3C1OC(=O)C1CC(c2ccccc2)N=C1c1ccccc1)OCO4. The van der Waals surface area contributed by atoms with Crippen LogP contribution < -0.4 is 9.47 Å². The molecule has 0 saturated carbocycles. The third-order valence-electron chi connectivity index (χ3n) is 9.83. The highest BCUT2D eigenvalue weighted by molar-refractivity contribution is 6.13. The van der Waals surface area contributed by atoms with E-state index in [1.54, 1.807) is 7.11 Å². The number of hydrogen-bond donors (Lipinski definition) is 0.